The van der Waals surface area contributed by atoms with Gasteiger partial charge in [-0.1, -0.05) is 17.7 Å². The molecule has 0 saturated carbocycles. The van der Waals surface area contributed by atoms with E-state index in [1.54, 1.807) is 48.7 Å². The third kappa shape index (κ3) is 4.26. The predicted molar refractivity (Wildman–Crippen MR) is 129 cm³/mol. The molecule has 35 heavy (non-hydrogen) atoms. The maximum absolute atomic E-state index is 13.2. The lowest BCUT2D eigenvalue weighted by molar-refractivity contribution is -0.384. The number of urea groups is 1. The molecule has 0 radical (unpaired) electrons. The van der Waals surface area contributed by atoms with Gasteiger partial charge in [-0.25, -0.2) is 9.69 Å². The Bertz CT molecular complexity index is 1440. The number of amides is 4. The Morgan fingerprint density at radius 3 is 2.49 bits per heavy atom. The van der Waals surface area contributed by atoms with Crippen molar-refractivity contribution in [1.29, 1.82) is 0 Å². The maximum Gasteiger partial charge on any atom is 0.335 e. The zero-order valence-electron chi connectivity index (χ0n) is 18.9. The SMILES string of the molecule is COc1ccc(-n2c(C)cc(C=C3C(=O)NC(=O)N(c4cccc(Cl)c4)C3=O)c2C)c([N+](=O)[O-])c1. The molecule has 1 aromatic heterocycles. The van der Waals surface area contributed by atoms with E-state index < -0.39 is 22.8 Å². The van der Waals surface area contributed by atoms with Crippen LogP contribution in [0.5, 0.6) is 5.75 Å². The molecule has 0 aliphatic carbocycles. The molecule has 1 aliphatic rings. The van der Waals surface area contributed by atoms with Crippen LogP contribution in [0.25, 0.3) is 11.8 Å². The summed E-state index contributed by atoms with van der Waals surface area (Å²) in [5, 5.41) is 14.2. The first-order valence-electron chi connectivity index (χ1n) is 10.3. The van der Waals surface area contributed by atoms with Gasteiger partial charge >= 0.3 is 6.03 Å². The van der Waals surface area contributed by atoms with Crippen LogP contribution in [0.3, 0.4) is 0 Å². The molecule has 0 unspecified atom stereocenters. The molecule has 1 aliphatic heterocycles. The first kappa shape index (κ1) is 23.7. The number of aromatic nitrogens is 1. The summed E-state index contributed by atoms with van der Waals surface area (Å²) in [5.41, 5.74) is 1.72. The Morgan fingerprint density at radius 2 is 1.83 bits per heavy atom. The Morgan fingerprint density at radius 1 is 1.09 bits per heavy atom. The number of imide groups is 2. The lowest BCUT2D eigenvalue weighted by atomic mass is 10.1. The van der Waals surface area contributed by atoms with E-state index in [0.29, 0.717) is 33.4 Å². The van der Waals surface area contributed by atoms with E-state index in [1.807, 2.05) is 0 Å². The molecule has 178 valence electrons. The topological polar surface area (TPSA) is 124 Å². The molecule has 2 aromatic carbocycles. The number of hydrogen-bond acceptors (Lipinski definition) is 6. The van der Waals surface area contributed by atoms with Gasteiger partial charge in [-0.3, -0.25) is 25.0 Å². The summed E-state index contributed by atoms with van der Waals surface area (Å²) in [7, 11) is 1.42. The number of hydrogen-bond donors (Lipinski definition) is 1. The van der Waals surface area contributed by atoms with E-state index in [2.05, 4.69) is 5.32 Å². The van der Waals surface area contributed by atoms with Crippen molar-refractivity contribution in [3.05, 3.63) is 86.2 Å². The fourth-order valence-corrected chi connectivity index (χ4v) is 4.12. The van der Waals surface area contributed by atoms with Crippen molar-refractivity contribution in [2.45, 2.75) is 13.8 Å². The number of carbonyl (C=O) groups excluding carboxylic acids is 3. The van der Waals surface area contributed by atoms with Crippen LogP contribution >= 0.6 is 11.6 Å². The number of carbonyl (C=O) groups is 3. The van der Waals surface area contributed by atoms with Crippen molar-refractivity contribution < 1.29 is 24.0 Å². The second kappa shape index (κ2) is 9.07. The highest BCUT2D eigenvalue weighted by Crippen LogP contribution is 2.32. The first-order chi connectivity index (χ1) is 16.6. The van der Waals surface area contributed by atoms with Gasteiger partial charge in [0.15, 0.2) is 0 Å². The van der Waals surface area contributed by atoms with Gasteiger partial charge in [0, 0.05) is 16.4 Å². The summed E-state index contributed by atoms with van der Waals surface area (Å²) in [6.07, 6.45) is 1.36. The number of rotatable bonds is 5. The summed E-state index contributed by atoms with van der Waals surface area (Å²) in [4.78, 5) is 50.2. The van der Waals surface area contributed by atoms with Gasteiger partial charge in [0.05, 0.1) is 23.8 Å². The number of aryl methyl sites for hydroxylation is 1. The smallest absolute Gasteiger partial charge is 0.335 e. The van der Waals surface area contributed by atoms with Crippen LogP contribution in [0.1, 0.15) is 17.0 Å². The number of ether oxygens (including phenoxy) is 1. The molecule has 2 heterocycles. The molecule has 1 saturated heterocycles. The Labute approximate surface area is 204 Å². The maximum atomic E-state index is 13.2. The van der Waals surface area contributed by atoms with Gasteiger partial charge in [-0.05, 0) is 61.9 Å². The summed E-state index contributed by atoms with van der Waals surface area (Å²) >= 11 is 6.00. The lowest BCUT2D eigenvalue weighted by Crippen LogP contribution is -2.54. The summed E-state index contributed by atoms with van der Waals surface area (Å²) < 4.78 is 6.75. The minimum atomic E-state index is -0.890. The molecular formula is C24H19ClN4O6. The monoisotopic (exact) mass is 494 g/mol. The Balaban J connectivity index is 1.80. The van der Waals surface area contributed by atoms with E-state index in [9.17, 15) is 24.5 Å². The minimum absolute atomic E-state index is 0.172. The summed E-state index contributed by atoms with van der Waals surface area (Å²) in [5.74, 6) is -1.33. The molecular weight excluding hydrogens is 476 g/mol. The Hall–Kier alpha value is -4.44. The van der Waals surface area contributed by atoms with Crippen molar-refractivity contribution in [1.82, 2.24) is 9.88 Å². The van der Waals surface area contributed by atoms with Crippen LogP contribution in [0.15, 0.2) is 54.1 Å². The third-order valence-corrected chi connectivity index (χ3v) is 5.79. The minimum Gasteiger partial charge on any atom is -0.496 e. The van der Waals surface area contributed by atoms with E-state index in [4.69, 9.17) is 16.3 Å². The summed E-state index contributed by atoms with van der Waals surface area (Å²) in [6, 6.07) is 11.4. The van der Waals surface area contributed by atoms with Crippen LogP contribution in [-0.4, -0.2) is 34.4 Å². The van der Waals surface area contributed by atoms with Crippen molar-refractivity contribution in [2.24, 2.45) is 0 Å². The van der Waals surface area contributed by atoms with Gasteiger partial charge in [0.2, 0.25) is 0 Å². The average molecular weight is 495 g/mol. The molecule has 0 spiro atoms. The highest BCUT2D eigenvalue weighted by atomic mass is 35.5. The second-order valence-corrected chi connectivity index (χ2v) is 8.15. The number of halogens is 1. The highest BCUT2D eigenvalue weighted by molar-refractivity contribution is 6.39. The van der Waals surface area contributed by atoms with E-state index >= 15 is 0 Å². The number of nitro benzene ring substituents is 1. The summed E-state index contributed by atoms with van der Waals surface area (Å²) in [6.45, 7) is 3.45. The number of benzene rings is 2. The first-order valence-corrected chi connectivity index (χ1v) is 10.7. The molecule has 1 N–H and O–H groups in total. The molecule has 4 amide bonds. The highest BCUT2D eigenvalue weighted by Gasteiger charge is 2.37. The van der Waals surface area contributed by atoms with Crippen molar-refractivity contribution in [3.8, 4) is 11.4 Å². The normalized spacial score (nSPS) is 14.9. The number of methoxy groups -OCH3 is 1. The third-order valence-electron chi connectivity index (χ3n) is 5.56. The van der Waals surface area contributed by atoms with Crippen molar-refractivity contribution in [2.75, 3.05) is 12.0 Å². The molecule has 0 bridgehead atoms. The number of nitro groups is 1. The van der Waals surface area contributed by atoms with Gasteiger partial charge in [0.1, 0.15) is 17.0 Å². The van der Waals surface area contributed by atoms with Gasteiger partial charge in [-0.15, -0.1) is 0 Å². The zero-order valence-corrected chi connectivity index (χ0v) is 19.6. The predicted octanol–water partition coefficient (Wildman–Crippen LogP) is 4.33. The van der Waals surface area contributed by atoms with Gasteiger partial charge < -0.3 is 9.30 Å². The molecule has 1 fully saturated rings. The lowest BCUT2D eigenvalue weighted by Gasteiger charge is -2.26. The number of barbiturate groups is 1. The fraction of sp³-hybridized carbons (Fsp3) is 0.125. The van der Waals surface area contributed by atoms with Crippen LogP contribution in [0.4, 0.5) is 16.2 Å². The van der Waals surface area contributed by atoms with Gasteiger partial charge in [-0.2, -0.15) is 0 Å². The average Bonchev–Trinajstić information content (AvgIpc) is 3.08. The van der Waals surface area contributed by atoms with E-state index in [0.717, 1.165) is 4.90 Å². The standard InChI is InChI=1S/C24H19ClN4O6/c1-13-9-15(14(2)27(13)20-8-7-18(35-3)12-21(20)29(33)34)10-19-22(30)26-24(32)28(23(19)31)17-6-4-5-16(25)11-17/h4-12H,1-3H3,(H,26,30,32). The Kier molecular flexibility index (Phi) is 6.14. The molecule has 11 heteroatoms. The molecule has 10 nitrogen and oxygen atoms in total. The fourth-order valence-electron chi connectivity index (χ4n) is 3.93. The number of nitrogens with one attached hydrogen (secondary N) is 1. The van der Waals surface area contributed by atoms with E-state index in [-0.39, 0.29) is 16.9 Å². The molecule has 4 rings (SSSR count). The van der Waals surface area contributed by atoms with Crippen LogP contribution in [0.2, 0.25) is 5.02 Å². The number of anilines is 1. The second-order valence-electron chi connectivity index (χ2n) is 7.71. The van der Waals surface area contributed by atoms with Crippen molar-refractivity contribution >= 4 is 46.9 Å². The van der Waals surface area contributed by atoms with Gasteiger partial charge in [0.25, 0.3) is 17.5 Å². The van der Waals surface area contributed by atoms with Crippen LogP contribution in [0, 0.1) is 24.0 Å². The zero-order chi connectivity index (χ0) is 25.4. The van der Waals surface area contributed by atoms with Crippen LogP contribution in [-0.2, 0) is 9.59 Å². The van der Waals surface area contributed by atoms with E-state index in [1.165, 1.54) is 31.4 Å². The quantitative estimate of drug-likeness (QED) is 0.243. The largest absolute Gasteiger partial charge is 0.496 e. The number of nitrogens with zero attached hydrogens (tertiary/aromatic N) is 3. The van der Waals surface area contributed by atoms with Crippen LogP contribution < -0.4 is 15.0 Å². The molecule has 0 atom stereocenters. The molecule has 3 aromatic rings. The van der Waals surface area contributed by atoms with Crippen molar-refractivity contribution in [3.63, 3.8) is 0 Å².